The number of hydrogen-bond donors (Lipinski definition) is 3. The van der Waals surface area contributed by atoms with E-state index < -0.39 is 0 Å². The number of aryl methyl sites for hydroxylation is 1. The lowest BCUT2D eigenvalue weighted by Crippen LogP contribution is -2.19. The van der Waals surface area contributed by atoms with Crippen molar-refractivity contribution in [3.63, 3.8) is 0 Å². The van der Waals surface area contributed by atoms with Gasteiger partial charge < -0.3 is 20.9 Å². The number of nitrogens with zero attached hydrogens (tertiary/aromatic N) is 3. The van der Waals surface area contributed by atoms with Crippen LogP contribution in [-0.4, -0.2) is 39.3 Å². The van der Waals surface area contributed by atoms with Crippen LogP contribution in [0.1, 0.15) is 52.1 Å². The Morgan fingerprint density at radius 1 is 1.23 bits per heavy atom. The number of benzene rings is 1. The number of nitrogen functional groups attached to an aromatic ring is 1. The number of aliphatic hydroxyl groups excluding tert-OH is 1. The number of fused-ring (bicyclic) bond motifs is 1. The van der Waals surface area contributed by atoms with Crippen LogP contribution in [0, 0.1) is 12.8 Å². The van der Waals surface area contributed by atoms with Crippen molar-refractivity contribution in [2.24, 2.45) is 5.92 Å². The number of hydrogen-bond acceptors (Lipinski definition) is 8. The van der Waals surface area contributed by atoms with Gasteiger partial charge in [-0.15, -0.1) is 11.3 Å². The molecule has 2 atom stereocenters. The zero-order valence-electron chi connectivity index (χ0n) is 18.8. The first-order valence-corrected chi connectivity index (χ1v) is 11.9. The van der Waals surface area contributed by atoms with E-state index in [9.17, 15) is 5.11 Å². The van der Waals surface area contributed by atoms with Gasteiger partial charge in [0.05, 0.1) is 28.1 Å². The zero-order valence-corrected chi connectivity index (χ0v) is 19.6. The van der Waals surface area contributed by atoms with E-state index in [1.54, 1.807) is 11.3 Å². The average molecular weight is 444 g/mol. The molecule has 3 aromatic rings. The Bertz CT molecular complexity index is 1010. The molecule has 2 aromatic heterocycles. The highest BCUT2D eigenvalue weighted by atomic mass is 32.1. The molecule has 1 aromatic carbocycles. The molecular weight excluding hydrogens is 410 g/mol. The van der Waals surface area contributed by atoms with E-state index in [1.165, 1.54) is 0 Å². The predicted molar refractivity (Wildman–Crippen MR) is 129 cm³/mol. The number of anilines is 2. The number of rotatable bonds is 7. The van der Waals surface area contributed by atoms with Gasteiger partial charge >= 0.3 is 0 Å². The normalized spacial score (nSPS) is 18.0. The van der Waals surface area contributed by atoms with Crippen molar-refractivity contribution >= 4 is 33.3 Å². The molecule has 0 bridgehead atoms. The first-order valence-electron chi connectivity index (χ1n) is 11.1. The summed E-state index contributed by atoms with van der Waals surface area (Å²) in [5, 5.41) is 13.8. The van der Waals surface area contributed by atoms with E-state index in [2.05, 4.69) is 22.2 Å². The molecule has 0 aliphatic heterocycles. The van der Waals surface area contributed by atoms with Crippen LogP contribution in [0.4, 0.5) is 11.8 Å². The summed E-state index contributed by atoms with van der Waals surface area (Å²) in [7, 11) is 0. The summed E-state index contributed by atoms with van der Waals surface area (Å²) in [4.78, 5) is 13.7. The Hall–Kier alpha value is -2.45. The summed E-state index contributed by atoms with van der Waals surface area (Å²) in [6.07, 6.45) is 3.93. The second-order valence-corrected chi connectivity index (χ2v) is 8.62. The molecule has 31 heavy (non-hydrogen) atoms. The average Bonchev–Trinajstić information content (AvgIpc) is 3.39. The molecule has 2 unspecified atom stereocenters. The van der Waals surface area contributed by atoms with Crippen molar-refractivity contribution in [3.8, 4) is 16.3 Å². The fourth-order valence-electron chi connectivity index (χ4n) is 3.84. The third-order valence-corrected chi connectivity index (χ3v) is 6.33. The van der Waals surface area contributed by atoms with Crippen molar-refractivity contribution in [1.82, 2.24) is 15.0 Å². The first-order chi connectivity index (χ1) is 15.1. The zero-order chi connectivity index (χ0) is 22.4. The van der Waals surface area contributed by atoms with E-state index >= 15 is 0 Å². The number of thiazole rings is 1. The highest BCUT2D eigenvalue weighted by Gasteiger charge is 2.26. The monoisotopic (exact) mass is 443 g/mol. The molecule has 7 nitrogen and oxygen atoms in total. The minimum Gasteiger partial charge on any atom is -0.494 e. The quantitative estimate of drug-likeness (QED) is 0.470. The van der Waals surface area contributed by atoms with Crippen LogP contribution in [0.3, 0.4) is 0 Å². The predicted octanol–water partition coefficient (Wildman–Crippen LogP) is 5.03. The second-order valence-electron chi connectivity index (χ2n) is 7.59. The lowest BCUT2D eigenvalue weighted by molar-refractivity contribution is 0.229. The number of ether oxygens (including phenoxy) is 1. The third-order valence-electron chi connectivity index (χ3n) is 5.29. The van der Waals surface area contributed by atoms with Gasteiger partial charge in [0, 0.05) is 12.6 Å². The maximum absolute atomic E-state index is 9.44. The summed E-state index contributed by atoms with van der Waals surface area (Å²) in [5.41, 5.74) is 8.56. The van der Waals surface area contributed by atoms with Gasteiger partial charge in [-0.05, 0) is 56.7 Å². The number of nitrogens with two attached hydrogens (primary N) is 1. The van der Waals surface area contributed by atoms with Gasteiger partial charge in [0.2, 0.25) is 5.95 Å². The fraction of sp³-hybridized carbons (Fsp3) is 0.522. The van der Waals surface area contributed by atoms with Crippen LogP contribution in [0.15, 0.2) is 18.2 Å². The summed E-state index contributed by atoms with van der Waals surface area (Å²) in [6, 6.07) is 6.25. The summed E-state index contributed by atoms with van der Waals surface area (Å²) in [6.45, 7) is 8.96. The molecule has 0 saturated heterocycles. The lowest BCUT2D eigenvalue weighted by Gasteiger charge is -2.17. The van der Waals surface area contributed by atoms with Crippen molar-refractivity contribution in [2.75, 3.05) is 24.3 Å². The smallest absolute Gasteiger partial charge is 0.222 e. The van der Waals surface area contributed by atoms with Crippen molar-refractivity contribution in [2.45, 2.75) is 59.4 Å². The molecule has 1 aliphatic carbocycles. The topological polar surface area (TPSA) is 106 Å². The van der Waals surface area contributed by atoms with E-state index in [1.807, 2.05) is 39.0 Å². The molecule has 4 N–H and O–H groups in total. The maximum Gasteiger partial charge on any atom is 0.222 e. The molecule has 1 saturated carbocycles. The Balaban J connectivity index is 0.00000132. The van der Waals surface area contributed by atoms with Gasteiger partial charge in [0.25, 0.3) is 0 Å². The molecule has 8 heteroatoms. The van der Waals surface area contributed by atoms with E-state index in [4.69, 9.17) is 15.5 Å². The minimum absolute atomic E-state index is 0.232. The van der Waals surface area contributed by atoms with Crippen LogP contribution in [-0.2, 0) is 0 Å². The highest BCUT2D eigenvalue weighted by molar-refractivity contribution is 7.21. The Morgan fingerprint density at radius 3 is 2.74 bits per heavy atom. The summed E-state index contributed by atoms with van der Waals surface area (Å²) >= 11 is 1.60. The van der Waals surface area contributed by atoms with E-state index in [-0.39, 0.29) is 18.6 Å². The minimum atomic E-state index is 0.232. The molecule has 1 aliphatic rings. The van der Waals surface area contributed by atoms with Gasteiger partial charge in [-0.25, -0.2) is 9.97 Å². The van der Waals surface area contributed by atoms with E-state index in [0.29, 0.717) is 12.5 Å². The Morgan fingerprint density at radius 2 is 2.03 bits per heavy atom. The van der Waals surface area contributed by atoms with Gasteiger partial charge in [0.15, 0.2) is 0 Å². The molecule has 0 amide bonds. The third kappa shape index (κ3) is 5.43. The van der Waals surface area contributed by atoms with Gasteiger partial charge in [-0.3, -0.25) is 0 Å². The molecule has 168 valence electrons. The van der Waals surface area contributed by atoms with Crippen LogP contribution in [0.2, 0.25) is 0 Å². The van der Waals surface area contributed by atoms with E-state index in [0.717, 1.165) is 63.7 Å². The molecular formula is C23H33N5O2S. The van der Waals surface area contributed by atoms with Gasteiger partial charge in [-0.1, -0.05) is 20.8 Å². The molecule has 1 fully saturated rings. The lowest BCUT2D eigenvalue weighted by atomic mass is 10.1. The van der Waals surface area contributed by atoms with Crippen LogP contribution < -0.4 is 15.8 Å². The van der Waals surface area contributed by atoms with Crippen molar-refractivity contribution in [1.29, 1.82) is 0 Å². The van der Waals surface area contributed by atoms with Crippen molar-refractivity contribution in [3.05, 3.63) is 23.9 Å². The first kappa shape index (κ1) is 23.2. The summed E-state index contributed by atoms with van der Waals surface area (Å²) in [5.74, 6) is 2.18. The van der Waals surface area contributed by atoms with Crippen LogP contribution >= 0.6 is 11.3 Å². The number of aliphatic hydroxyl groups is 1. The van der Waals surface area contributed by atoms with Crippen LogP contribution in [0.5, 0.6) is 5.75 Å². The highest BCUT2D eigenvalue weighted by Crippen LogP contribution is 2.38. The van der Waals surface area contributed by atoms with Gasteiger partial charge in [0.1, 0.15) is 16.6 Å². The number of aromatic nitrogens is 3. The molecule has 2 heterocycles. The van der Waals surface area contributed by atoms with Gasteiger partial charge in [-0.2, -0.15) is 4.98 Å². The number of nitrogens with one attached hydrogen (secondary N) is 1. The molecule has 0 spiro atoms. The molecule has 4 rings (SSSR count). The second kappa shape index (κ2) is 10.7. The summed E-state index contributed by atoms with van der Waals surface area (Å²) < 4.78 is 6.82. The largest absolute Gasteiger partial charge is 0.494 e. The molecule has 0 radical (unpaired) electrons. The standard InChI is InChI=1S/C21H27N5O2S.C2H6/c1-3-8-28-15-6-7-16-17(10-15)29-20(25-16)18-12(2)23-21(22)26-19(18)24-14-5-4-13(9-14)11-27;1-2/h6-7,10,13-14,27H,3-5,8-9,11H2,1-2H3,(H3,22,23,24,26);1-2H3. The Kier molecular flexibility index (Phi) is 8.03. The van der Waals surface area contributed by atoms with Crippen molar-refractivity contribution < 1.29 is 9.84 Å². The maximum atomic E-state index is 9.44. The Labute approximate surface area is 188 Å². The van der Waals surface area contributed by atoms with Crippen LogP contribution in [0.25, 0.3) is 20.8 Å². The fourth-order valence-corrected chi connectivity index (χ4v) is 4.93. The SMILES string of the molecule is CC.CCCOc1ccc2nc(-c3c(C)nc(N)nc3NC3CCC(CO)C3)sc2c1.